The molecule has 0 aromatic rings. The molecule has 15 heavy (non-hydrogen) atoms. The number of amides is 1. The number of carboxylic acids is 1. The second-order valence-electron chi connectivity index (χ2n) is 4.46. The van der Waals surface area contributed by atoms with E-state index in [1.165, 1.54) is 13.8 Å². The van der Waals surface area contributed by atoms with Gasteiger partial charge in [-0.25, -0.2) is 4.79 Å². The lowest BCUT2D eigenvalue weighted by Crippen LogP contribution is -2.53. The Morgan fingerprint density at radius 1 is 1.47 bits per heavy atom. The van der Waals surface area contributed by atoms with Crippen LogP contribution in [0.4, 0.5) is 0 Å². The molecule has 1 rings (SSSR count). The standard InChI is InChI=1S/C10H18N2O3/c1-10(2,9(14)15)12-8(13)7-4-3-5-11-6-7/h7,11H,3-6H2,1-2H3,(H,12,13)(H,14,15)/t7-/m1/s1. The highest BCUT2D eigenvalue weighted by Crippen LogP contribution is 2.12. The third-order valence-electron chi connectivity index (χ3n) is 2.64. The third-order valence-corrected chi connectivity index (χ3v) is 2.64. The van der Waals surface area contributed by atoms with Crippen molar-refractivity contribution in [3.8, 4) is 0 Å². The van der Waals surface area contributed by atoms with E-state index < -0.39 is 11.5 Å². The summed E-state index contributed by atoms with van der Waals surface area (Å²) >= 11 is 0. The van der Waals surface area contributed by atoms with E-state index in [-0.39, 0.29) is 11.8 Å². The van der Waals surface area contributed by atoms with Crippen molar-refractivity contribution in [1.82, 2.24) is 10.6 Å². The minimum absolute atomic E-state index is 0.0997. The minimum atomic E-state index is -1.19. The summed E-state index contributed by atoms with van der Waals surface area (Å²) in [6.45, 7) is 4.56. The second-order valence-corrected chi connectivity index (χ2v) is 4.46. The lowest BCUT2D eigenvalue weighted by Gasteiger charge is -2.27. The normalized spacial score (nSPS) is 22.1. The molecule has 1 amide bonds. The van der Waals surface area contributed by atoms with Crippen LogP contribution in [-0.4, -0.2) is 35.6 Å². The summed E-state index contributed by atoms with van der Waals surface area (Å²) in [6, 6.07) is 0. The molecule has 0 aromatic heterocycles. The average Bonchev–Trinajstić information content (AvgIpc) is 2.18. The molecule has 0 unspecified atom stereocenters. The van der Waals surface area contributed by atoms with Crippen molar-refractivity contribution < 1.29 is 14.7 Å². The van der Waals surface area contributed by atoms with Gasteiger partial charge < -0.3 is 15.7 Å². The van der Waals surface area contributed by atoms with Gasteiger partial charge in [-0.1, -0.05) is 0 Å². The van der Waals surface area contributed by atoms with Gasteiger partial charge in [-0.15, -0.1) is 0 Å². The summed E-state index contributed by atoms with van der Waals surface area (Å²) in [6.07, 6.45) is 1.79. The maximum absolute atomic E-state index is 11.7. The fourth-order valence-electron chi connectivity index (χ4n) is 1.54. The summed E-state index contributed by atoms with van der Waals surface area (Å²) in [5, 5.41) is 14.5. The van der Waals surface area contributed by atoms with Crippen LogP contribution in [0.3, 0.4) is 0 Å². The molecule has 0 saturated carbocycles. The molecule has 1 saturated heterocycles. The first-order valence-corrected chi connectivity index (χ1v) is 5.19. The van der Waals surface area contributed by atoms with E-state index in [1.807, 2.05) is 0 Å². The second kappa shape index (κ2) is 4.61. The molecule has 1 aliphatic heterocycles. The fraction of sp³-hybridized carbons (Fsp3) is 0.800. The molecule has 0 bridgehead atoms. The first-order valence-electron chi connectivity index (χ1n) is 5.19. The number of piperidine rings is 1. The topological polar surface area (TPSA) is 78.4 Å². The Morgan fingerprint density at radius 2 is 2.13 bits per heavy atom. The van der Waals surface area contributed by atoms with Crippen LogP contribution in [0.5, 0.6) is 0 Å². The van der Waals surface area contributed by atoms with Crippen molar-refractivity contribution in [2.75, 3.05) is 13.1 Å². The summed E-state index contributed by atoms with van der Waals surface area (Å²) in [5.41, 5.74) is -1.19. The molecule has 1 heterocycles. The number of rotatable bonds is 3. The first kappa shape index (κ1) is 12.0. The predicted octanol–water partition coefficient (Wildman–Crippen LogP) is -0.0346. The monoisotopic (exact) mass is 214 g/mol. The van der Waals surface area contributed by atoms with Gasteiger partial charge in [0.05, 0.1) is 5.92 Å². The van der Waals surface area contributed by atoms with Crippen LogP contribution in [0.1, 0.15) is 26.7 Å². The molecule has 5 nitrogen and oxygen atoms in total. The van der Waals surface area contributed by atoms with Crippen molar-refractivity contribution in [2.45, 2.75) is 32.2 Å². The Morgan fingerprint density at radius 3 is 2.60 bits per heavy atom. The van der Waals surface area contributed by atoms with E-state index in [1.54, 1.807) is 0 Å². The van der Waals surface area contributed by atoms with Crippen LogP contribution in [0, 0.1) is 5.92 Å². The number of nitrogens with one attached hydrogen (secondary N) is 2. The molecule has 0 aliphatic carbocycles. The molecule has 86 valence electrons. The van der Waals surface area contributed by atoms with Crippen LogP contribution >= 0.6 is 0 Å². The molecule has 1 fully saturated rings. The summed E-state index contributed by atoms with van der Waals surface area (Å²) in [4.78, 5) is 22.5. The number of aliphatic carboxylic acids is 1. The molecule has 5 heteroatoms. The Labute approximate surface area is 89.2 Å². The minimum Gasteiger partial charge on any atom is -0.480 e. The van der Waals surface area contributed by atoms with Gasteiger partial charge in [0.15, 0.2) is 0 Å². The van der Waals surface area contributed by atoms with Crippen molar-refractivity contribution in [1.29, 1.82) is 0 Å². The molecule has 0 spiro atoms. The highest BCUT2D eigenvalue weighted by Gasteiger charge is 2.32. The molecule has 3 N–H and O–H groups in total. The molecular weight excluding hydrogens is 196 g/mol. The van der Waals surface area contributed by atoms with Gasteiger partial charge in [0.25, 0.3) is 0 Å². The highest BCUT2D eigenvalue weighted by atomic mass is 16.4. The maximum Gasteiger partial charge on any atom is 0.328 e. The number of hydrogen-bond acceptors (Lipinski definition) is 3. The van der Waals surface area contributed by atoms with Crippen LogP contribution in [-0.2, 0) is 9.59 Å². The molecular formula is C10H18N2O3. The Kier molecular flexibility index (Phi) is 3.68. The van der Waals surface area contributed by atoms with Gasteiger partial charge in [-0.2, -0.15) is 0 Å². The van der Waals surface area contributed by atoms with Crippen LogP contribution < -0.4 is 10.6 Å². The maximum atomic E-state index is 11.7. The number of hydrogen-bond donors (Lipinski definition) is 3. The number of carboxylic acid groups (broad SMARTS) is 1. The zero-order chi connectivity index (χ0) is 11.5. The van der Waals surface area contributed by atoms with Crippen LogP contribution in [0.2, 0.25) is 0 Å². The molecule has 1 atom stereocenters. The third kappa shape index (κ3) is 3.20. The Bertz CT molecular complexity index is 257. The van der Waals surface area contributed by atoms with E-state index in [2.05, 4.69) is 10.6 Å². The number of carbonyl (C=O) groups is 2. The SMILES string of the molecule is CC(C)(NC(=O)[C@@H]1CCCNC1)C(=O)O. The van der Waals surface area contributed by atoms with Gasteiger partial charge in [0.1, 0.15) is 5.54 Å². The van der Waals surface area contributed by atoms with E-state index in [0.29, 0.717) is 6.54 Å². The van der Waals surface area contributed by atoms with Crippen molar-refractivity contribution in [3.63, 3.8) is 0 Å². The largest absolute Gasteiger partial charge is 0.480 e. The average molecular weight is 214 g/mol. The molecule has 0 aromatic carbocycles. The van der Waals surface area contributed by atoms with Gasteiger partial charge in [-0.05, 0) is 33.2 Å². The lowest BCUT2D eigenvalue weighted by molar-refractivity contribution is -0.146. The van der Waals surface area contributed by atoms with Crippen LogP contribution in [0.15, 0.2) is 0 Å². The van der Waals surface area contributed by atoms with Gasteiger partial charge in [0.2, 0.25) is 5.91 Å². The number of carbonyl (C=O) groups excluding carboxylic acids is 1. The summed E-state index contributed by atoms with van der Waals surface area (Å²) in [7, 11) is 0. The van der Waals surface area contributed by atoms with Gasteiger partial charge >= 0.3 is 5.97 Å². The van der Waals surface area contributed by atoms with Crippen molar-refractivity contribution in [2.24, 2.45) is 5.92 Å². The fourth-order valence-corrected chi connectivity index (χ4v) is 1.54. The molecule has 0 radical (unpaired) electrons. The Balaban J connectivity index is 2.50. The molecule has 1 aliphatic rings. The van der Waals surface area contributed by atoms with Crippen LogP contribution in [0.25, 0.3) is 0 Å². The van der Waals surface area contributed by atoms with E-state index in [4.69, 9.17) is 5.11 Å². The summed E-state index contributed by atoms with van der Waals surface area (Å²) in [5.74, 6) is -1.29. The zero-order valence-corrected chi connectivity index (χ0v) is 9.17. The van der Waals surface area contributed by atoms with E-state index in [0.717, 1.165) is 19.4 Å². The van der Waals surface area contributed by atoms with E-state index >= 15 is 0 Å². The lowest BCUT2D eigenvalue weighted by atomic mass is 9.96. The quantitative estimate of drug-likeness (QED) is 0.616. The first-order chi connectivity index (χ1) is 6.93. The Hall–Kier alpha value is -1.10. The highest BCUT2D eigenvalue weighted by molar-refractivity contribution is 5.87. The van der Waals surface area contributed by atoms with E-state index in [9.17, 15) is 9.59 Å². The zero-order valence-electron chi connectivity index (χ0n) is 9.17. The smallest absolute Gasteiger partial charge is 0.328 e. The van der Waals surface area contributed by atoms with Crippen molar-refractivity contribution in [3.05, 3.63) is 0 Å². The predicted molar refractivity (Wildman–Crippen MR) is 55.5 cm³/mol. The van der Waals surface area contributed by atoms with Gasteiger partial charge in [0, 0.05) is 6.54 Å². The summed E-state index contributed by atoms with van der Waals surface area (Å²) < 4.78 is 0. The van der Waals surface area contributed by atoms with Gasteiger partial charge in [-0.3, -0.25) is 4.79 Å². The van der Waals surface area contributed by atoms with Crippen molar-refractivity contribution >= 4 is 11.9 Å².